The van der Waals surface area contributed by atoms with Crippen molar-refractivity contribution in [2.45, 2.75) is 33.1 Å². The molecule has 2 rings (SSSR count). The molecule has 0 bridgehead atoms. The van der Waals surface area contributed by atoms with Gasteiger partial charge in [-0.1, -0.05) is 56.3 Å². The van der Waals surface area contributed by atoms with Crippen LogP contribution in [0.15, 0.2) is 66.3 Å². The smallest absolute Gasteiger partial charge is 0.335 e. The molecule has 4 nitrogen and oxygen atoms in total. The predicted octanol–water partition coefficient (Wildman–Crippen LogP) is 4.98. The third-order valence-corrected chi connectivity index (χ3v) is 4.45. The first-order chi connectivity index (χ1) is 12.7. The lowest BCUT2D eigenvalue weighted by atomic mass is 9.78. The molecule has 0 radical (unpaired) electrons. The number of carboxylic acid groups (broad SMARTS) is 1. The Bertz CT molecular complexity index is 870. The van der Waals surface area contributed by atoms with Gasteiger partial charge in [-0.05, 0) is 48.7 Å². The molecule has 0 aliphatic heterocycles. The fraction of sp³-hybridized carbons (Fsp3) is 0.217. The van der Waals surface area contributed by atoms with E-state index in [0.717, 1.165) is 16.7 Å². The molecule has 0 saturated carbocycles. The van der Waals surface area contributed by atoms with Crippen molar-refractivity contribution in [2.75, 3.05) is 0 Å². The zero-order valence-electron chi connectivity index (χ0n) is 16.0. The van der Waals surface area contributed by atoms with E-state index in [0.29, 0.717) is 11.3 Å². The first kappa shape index (κ1) is 20.2. The third kappa shape index (κ3) is 5.17. The molecule has 0 amide bonds. The normalized spacial score (nSPS) is 12.2. The Kier molecular flexibility index (Phi) is 6.35. The standard InChI is InChI=1S/C23H24O4/c1-5-6-21(24)27-20-13-11-19(12-14-20)23(3,4)18-9-7-17(8-10-18)15-16(2)22(25)26/h5-15H,1-4H3,(H,25,26). The number of esters is 1. The topological polar surface area (TPSA) is 63.6 Å². The highest BCUT2D eigenvalue weighted by atomic mass is 16.5. The Hall–Kier alpha value is -3.14. The highest BCUT2D eigenvalue weighted by Crippen LogP contribution is 2.32. The van der Waals surface area contributed by atoms with Gasteiger partial charge in [0.15, 0.2) is 0 Å². The van der Waals surface area contributed by atoms with Gasteiger partial charge >= 0.3 is 11.9 Å². The number of carbonyl (C=O) groups excluding carboxylic acids is 1. The minimum Gasteiger partial charge on any atom is -0.478 e. The van der Waals surface area contributed by atoms with E-state index in [1.54, 1.807) is 38.1 Å². The van der Waals surface area contributed by atoms with Crippen molar-refractivity contribution in [1.29, 1.82) is 0 Å². The maximum absolute atomic E-state index is 11.5. The lowest BCUT2D eigenvalue weighted by molar-refractivity contribution is -0.132. The lowest BCUT2D eigenvalue weighted by Gasteiger charge is -2.26. The molecule has 0 fully saturated rings. The van der Waals surface area contributed by atoms with Gasteiger partial charge in [-0.3, -0.25) is 0 Å². The summed E-state index contributed by atoms with van der Waals surface area (Å²) in [6, 6.07) is 15.3. The Balaban J connectivity index is 2.21. The maximum atomic E-state index is 11.5. The van der Waals surface area contributed by atoms with E-state index in [2.05, 4.69) is 13.8 Å². The van der Waals surface area contributed by atoms with Crippen LogP contribution in [0.4, 0.5) is 0 Å². The second-order valence-corrected chi connectivity index (χ2v) is 6.82. The van der Waals surface area contributed by atoms with E-state index in [1.165, 1.54) is 6.08 Å². The van der Waals surface area contributed by atoms with Crippen LogP contribution in [0.1, 0.15) is 44.4 Å². The molecule has 4 heteroatoms. The molecule has 1 N–H and O–H groups in total. The molecular formula is C23H24O4. The highest BCUT2D eigenvalue weighted by Gasteiger charge is 2.23. The van der Waals surface area contributed by atoms with Gasteiger partial charge in [0.25, 0.3) is 0 Å². The Morgan fingerprint density at radius 2 is 1.48 bits per heavy atom. The van der Waals surface area contributed by atoms with Crippen molar-refractivity contribution in [3.8, 4) is 5.75 Å². The number of carboxylic acids is 1. The van der Waals surface area contributed by atoms with Crippen LogP contribution in [0, 0.1) is 0 Å². The van der Waals surface area contributed by atoms with Crippen LogP contribution in [0.2, 0.25) is 0 Å². The highest BCUT2D eigenvalue weighted by molar-refractivity contribution is 5.91. The van der Waals surface area contributed by atoms with Crippen molar-refractivity contribution in [1.82, 2.24) is 0 Å². The summed E-state index contributed by atoms with van der Waals surface area (Å²) in [5.74, 6) is -0.818. The molecule has 0 spiro atoms. The lowest BCUT2D eigenvalue weighted by Crippen LogP contribution is -2.18. The van der Waals surface area contributed by atoms with Crippen molar-refractivity contribution in [2.24, 2.45) is 0 Å². The van der Waals surface area contributed by atoms with Crippen molar-refractivity contribution < 1.29 is 19.4 Å². The minimum atomic E-state index is -0.922. The van der Waals surface area contributed by atoms with Crippen LogP contribution in [-0.4, -0.2) is 17.0 Å². The third-order valence-electron chi connectivity index (χ3n) is 4.45. The Morgan fingerprint density at radius 3 is 1.96 bits per heavy atom. The molecule has 0 atom stereocenters. The van der Waals surface area contributed by atoms with Crippen molar-refractivity contribution >= 4 is 18.0 Å². The second kappa shape index (κ2) is 8.49. The van der Waals surface area contributed by atoms with Crippen LogP contribution in [0.25, 0.3) is 6.08 Å². The fourth-order valence-electron chi connectivity index (χ4n) is 2.70. The first-order valence-electron chi connectivity index (χ1n) is 8.71. The number of aliphatic carboxylic acids is 1. The second-order valence-electron chi connectivity index (χ2n) is 6.82. The number of rotatable bonds is 6. The van der Waals surface area contributed by atoms with Crippen LogP contribution >= 0.6 is 0 Å². The maximum Gasteiger partial charge on any atom is 0.335 e. The molecule has 2 aromatic rings. The van der Waals surface area contributed by atoms with Crippen LogP contribution < -0.4 is 4.74 Å². The summed E-state index contributed by atoms with van der Waals surface area (Å²) in [4.78, 5) is 22.5. The molecule has 0 aliphatic rings. The average Bonchev–Trinajstić information content (AvgIpc) is 2.62. The van der Waals surface area contributed by atoms with Gasteiger partial charge in [0.2, 0.25) is 0 Å². The van der Waals surface area contributed by atoms with Crippen molar-refractivity contribution in [3.63, 3.8) is 0 Å². The van der Waals surface area contributed by atoms with E-state index < -0.39 is 11.9 Å². The van der Waals surface area contributed by atoms with E-state index in [9.17, 15) is 9.59 Å². The number of hydrogen-bond acceptors (Lipinski definition) is 3. The number of carbonyl (C=O) groups is 2. The predicted molar refractivity (Wildman–Crippen MR) is 107 cm³/mol. The molecular weight excluding hydrogens is 340 g/mol. The summed E-state index contributed by atoms with van der Waals surface area (Å²) in [5.41, 5.74) is 3.08. The quantitative estimate of drug-likeness (QED) is 0.446. The molecule has 140 valence electrons. The van der Waals surface area contributed by atoms with E-state index in [4.69, 9.17) is 9.84 Å². The van der Waals surface area contributed by atoms with Crippen LogP contribution in [-0.2, 0) is 15.0 Å². The molecule has 2 aromatic carbocycles. The van der Waals surface area contributed by atoms with Gasteiger partial charge in [0, 0.05) is 17.1 Å². The zero-order chi connectivity index (χ0) is 20.0. The SMILES string of the molecule is CC=CC(=O)Oc1ccc(C(C)(C)c2ccc(C=C(C)C(=O)O)cc2)cc1. The molecule has 0 aliphatic carbocycles. The van der Waals surface area contributed by atoms with Crippen molar-refractivity contribution in [3.05, 3.63) is 82.9 Å². The minimum absolute atomic E-state index is 0.254. The Morgan fingerprint density at radius 1 is 0.963 bits per heavy atom. The molecule has 0 unspecified atom stereocenters. The summed E-state index contributed by atoms with van der Waals surface area (Å²) in [6.07, 6.45) is 4.66. The molecule has 0 heterocycles. The first-order valence-corrected chi connectivity index (χ1v) is 8.71. The fourth-order valence-corrected chi connectivity index (χ4v) is 2.70. The van der Waals surface area contributed by atoms with Gasteiger partial charge < -0.3 is 9.84 Å². The number of ether oxygens (including phenoxy) is 1. The van der Waals surface area contributed by atoms with Gasteiger partial charge in [-0.15, -0.1) is 0 Å². The summed E-state index contributed by atoms with van der Waals surface area (Å²) in [5, 5.41) is 8.98. The number of benzene rings is 2. The summed E-state index contributed by atoms with van der Waals surface area (Å²) < 4.78 is 5.22. The van der Waals surface area contributed by atoms with Gasteiger partial charge in [0.1, 0.15) is 5.75 Å². The zero-order valence-corrected chi connectivity index (χ0v) is 16.0. The van der Waals surface area contributed by atoms with Gasteiger partial charge in [-0.2, -0.15) is 0 Å². The van der Waals surface area contributed by atoms with E-state index >= 15 is 0 Å². The number of hydrogen-bond donors (Lipinski definition) is 1. The van der Waals surface area contributed by atoms with E-state index in [1.807, 2.05) is 36.4 Å². The van der Waals surface area contributed by atoms with Crippen LogP contribution in [0.5, 0.6) is 5.75 Å². The number of allylic oxidation sites excluding steroid dienone is 1. The van der Waals surface area contributed by atoms with Crippen LogP contribution in [0.3, 0.4) is 0 Å². The molecule has 0 aromatic heterocycles. The van der Waals surface area contributed by atoms with E-state index in [-0.39, 0.29) is 5.41 Å². The van der Waals surface area contributed by atoms with Gasteiger partial charge in [-0.25, -0.2) is 9.59 Å². The Labute approximate surface area is 159 Å². The van der Waals surface area contributed by atoms with Gasteiger partial charge in [0.05, 0.1) is 0 Å². The average molecular weight is 364 g/mol. The molecule has 27 heavy (non-hydrogen) atoms. The summed E-state index contributed by atoms with van der Waals surface area (Å²) in [6.45, 7) is 7.56. The summed E-state index contributed by atoms with van der Waals surface area (Å²) in [7, 11) is 0. The summed E-state index contributed by atoms with van der Waals surface area (Å²) >= 11 is 0. The monoisotopic (exact) mass is 364 g/mol. The molecule has 0 saturated heterocycles. The largest absolute Gasteiger partial charge is 0.478 e.